The van der Waals surface area contributed by atoms with Crippen molar-refractivity contribution in [3.05, 3.63) is 51.5 Å². The Labute approximate surface area is 126 Å². The summed E-state index contributed by atoms with van der Waals surface area (Å²) < 4.78 is 0. The minimum atomic E-state index is 0.218. The van der Waals surface area contributed by atoms with Gasteiger partial charge in [0, 0.05) is 23.7 Å². The average molecular weight is 288 g/mol. The molecule has 2 aromatic rings. The first kappa shape index (κ1) is 15.2. The largest absolute Gasteiger partial charge is 0.305 e. The van der Waals surface area contributed by atoms with Crippen LogP contribution in [0.25, 0.3) is 0 Å². The number of aryl methyl sites for hydroxylation is 1. The molecule has 2 rings (SSSR count). The molecule has 0 radical (unpaired) electrons. The summed E-state index contributed by atoms with van der Waals surface area (Å²) in [5.74, 6) is 0. The predicted octanol–water partition coefficient (Wildman–Crippen LogP) is 4.60. The number of hydrogen-bond acceptors (Lipinski definition) is 3. The van der Waals surface area contributed by atoms with E-state index < -0.39 is 0 Å². The van der Waals surface area contributed by atoms with E-state index in [2.05, 4.69) is 62.3 Å². The fourth-order valence-electron chi connectivity index (χ4n) is 2.13. The van der Waals surface area contributed by atoms with Gasteiger partial charge in [-0.1, -0.05) is 45.0 Å². The first-order valence-corrected chi connectivity index (χ1v) is 7.93. The van der Waals surface area contributed by atoms with Crippen molar-refractivity contribution in [2.45, 2.75) is 52.6 Å². The van der Waals surface area contributed by atoms with Crippen LogP contribution < -0.4 is 5.32 Å². The molecule has 108 valence electrons. The summed E-state index contributed by atoms with van der Waals surface area (Å²) in [6.45, 7) is 11.9. The third-order valence-electron chi connectivity index (χ3n) is 3.53. The molecule has 3 heteroatoms. The summed E-state index contributed by atoms with van der Waals surface area (Å²) in [7, 11) is 0. The topological polar surface area (TPSA) is 24.9 Å². The summed E-state index contributed by atoms with van der Waals surface area (Å²) in [4.78, 5) is 5.58. The van der Waals surface area contributed by atoms with Crippen LogP contribution in [0.15, 0.2) is 30.5 Å². The lowest BCUT2D eigenvalue weighted by Crippen LogP contribution is -2.18. The van der Waals surface area contributed by atoms with E-state index in [0.717, 1.165) is 11.6 Å². The molecule has 0 aliphatic carbocycles. The number of thiazole rings is 1. The molecule has 0 bridgehead atoms. The summed E-state index contributed by atoms with van der Waals surface area (Å²) in [6, 6.07) is 9.30. The second kappa shape index (κ2) is 6.06. The maximum absolute atomic E-state index is 4.28. The van der Waals surface area contributed by atoms with Gasteiger partial charge in [0.15, 0.2) is 0 Å². The maximum atomic E-state index is 4.28. The van der Waals surface area contributed by atoms with E-state index in [0.29, 0.717) is 6.04 Å². The van der Waals surface area contributed by atoms with Gasteiger partial charge in [-0.2, -0.15) is 0 Å². The van der Waals surface area contributed by atoms with Crippen molar-refractivity contribution in [2.24, 2.45) is 0 Å². The molecular formula is C17H24N2S. The number of benzene rings is 1. The molecular weight excluding hydrogens is 264 g/mol. The van der Waals surface area contributed by atoms with Crippen molar-refractivity contribution in [3.63, 3.8) is 0 Å². The van der Waals surface area contributed by atoms with Gasteiger partial charge < -0.3 is 5.32 Å². The molecule has 1 N–H and O–H groups in total. The Morgan fingerprint density at radius 1 is 1.20 bits per heavy atom. The molecule has 0 saturated carbocycles. The van der Waals surface area contributed by atoms with Gasteiger partial charge in [0.05, 0.1) is 5.01 Å². The zero-order valence-electron chi connectivity index (χ0n) is 13.0. The van der Waals surface area contributed by atoms with Gasteiger partial charge >= 0.3 is 0 Å². The lowest BCUT2D eigenvalue weighted by molar-refractivity contribution is 0.572. The van der Waals surface area contributed by atoms with Crippen LogP contribution in [0, 0.1) is 6.92 Å². The number of aromatic nitrogens is 1. The Bertz CT molecular complexity index is 549. The van der Waals surface area contributed by atoms with Gasteiger partial charge in [-0.3, -0.25) is 0 Å². The van der Waals surface area contributed by atoms with Crippen LogP contribution in [0.4, 0.5) is 0 Å². The number of nitrogens with one attached hydrogen (secondary N) is 1. The Balaban J connectivity index is 1.97. The molecule has 0 aliphatic rings. The van der Waals surface area contributed by atoms with Crippen LogP contribution in [0.5, 0.6) is 0 Å². The van der Waals surface area contributed by atoms with Crippen molar-refractivity contribution in [2.75, 3.05) is 0 Å². The monoisotopic (exact) mass is 288 g/mol. The van der Waals surface area contributed by atoms with E-state index in [1.165, 1.54) is 16.0 Å². The third-order valence-corrected chi connectivity index (χ3v) is 4.44. The molecule has 0 fully saturated rings. The molecule has 1 atom stereocenters. The summed E-state index contributed by atoms with van der Waals surface area (Å²) in [5.41, 5.74) is 2.93. The molecule has 0 aliphatic heterocycles. The van der Waals surface area contributed by atoms with E-state index in [1.54, 1.807) is 11.3 Å². The summed E-state index contributed by atoms with van der Waals surface area (Å²) in [6.07, 6.45) is 1.96. The lowest BCUT2D eigenvalue weighted by atomic mass is 9.86. The number of hydrogen-bond donors (Lipinski definition) is 1. The van der Waals surface area contributed by atoms with Crippen LogP contribution in [-0.4, -0.2) is 4.98 Å². The fourth-order valence-corrected chi connectivity index (χ4v) is 2.88. The van der Waals surface area contributed by atoms with Crippen molar-refractivity contribution < 1.29 is 0 Å². The first-order valence-electron chi connectivity index (χ1n) is 7.11. The lowest BCUT2D eigenvalue weighted by Gasteiger charge is -2.20. The quantitative estimate of drug-likeness (QED) is 0.889. The zero-order valence-corrected chi connectivity index (χ0v) is 13.8. The molecule has 1 heterocycles. The molecule has 2 nitrogen and oxygen atoms in total. The van der Waals surface area contributed by atoms with E-state index in [9.17, 15) is 0 Å². The molecule has 0 amide bonds. The van der Waals surface area contributed by atoms with Crippen LogP contribution in [0.1, 0.15) is 54.7 Å². The third kappa shape index (κ3) is 3.90. The van der Waals surface area contributed by atoms with Crippen molar-refractivity contribution in [1.82, 2.24) is 10.3 Å². The smallest absolute Gasteiger partial charge is 0.0897 e. The standard InChI is InChI=1S/C17H24N2S/c1-12(18-10-16-11-19-13(2)20-16)14-6-8-15(9-7-14)17(3,4)5/h6-9,11-12,18H,10H2,1-5H3. The van der Waals surface area contributed by atoms with Gasteiger partial charge in [0.2, 0.25) is 0 Å². The van der Waals surface area contributed by atoms with Gasteiger partial charge in [0.25, 0.3) is 0 Å². The van der Waals surface area contributed by atoms with E-state index in [4.69, 9.17) is 0 Å². The highest BCUT2D eigenvalue weighted by Crippen LogP contribution is 2.24. The van der Waals surface area contributed by atoms with Crippen molar-refractivity contribution >= 4 is 11.3 Å². The maximum Gasteiger partial charge on any atom is 0.0897 e. The normalized spacial score (nSPS) is 13.4. The van der Waals surface area contributed by atoms with Crippen molar-refractivity contribution in [1.29, 1.82) is 0 Å². The summed E-state index contributed by atoms with van der Waals surface area (Å²) in [5, 5.41) is 4.69. The molecule has 1 aromatic carbocycles. The highest BCUT2D eigenvalue weighted by atomic mass is 32.1. The molecule has 0 saturated heterocycles. The van der Waals surface area contributed by atoms with E-state index in [1.807, 2.05) is 13.1 Å². The van der Waals surface area contributed by atoms with E-state index >= 15 is 0 Å². The van der Waals surface area contributed by atoms with E-state index in [-0.39, 0.29) is 5.41 Å². The number of rotatable bonds is 4. The first-order chi connectivity index (χ1) is 9.36. The Morgan fingerprint density at radius 3 is 2.35 bits per heavy atom. The minimum Gasteiger partial charge on any atom is -0.305 e. The highest BCUT2D eigenvalue weighted by molar-refractivity contribution is 7.11. The van der Waals surface area contributed by atoms with Gasteiger partial charge in [-0.25, -0.2) is 4.98 Å². The Morgan fingerprint density at radius 2 is 1.85 bits per heavy atom. The average Bonchev–Trinajstić information content (AvgIpc) is 2.81. The van der Waals surface area contributed by atoms with Gasteiger partial charge in [-0.05, 0) is 30.4 Å². The predicted molar refractivity (Wildman–Crippen MR) is 87.2 cm³/mol. The minimum absolute atomic E-state index is 0.218. The molecule has 20 heavy (non-hydrogen) atoms. The zero-order chi connectivity index (χ0) is 14.8. The van der Waals surface area contributed by atoms with Crippen LogP contribution in [0.3, 0.4) is 0 Å². The van der Waals surface area contributed by atoms with Crippen LogP contribution in [0.2, 0.25) is 0 Å². The molecule has 1 aromatic heterocycles. The second-order valence-electron chi connectivity index (χ2n) is 6.32. The highest BCUT2D eigenvalue weighted by Gasteiger charge is 2.14. The van der Waals surface area contributed by atoms with Crippen molar-refractivity contribution in [3.8, 4) is 0 Å². The van der Waals surface area contributed by atoms with Crippen LogP contribution >= 0.6 is 11.3 Å². The van der Waals surface area contributed by atoms with Gasteiger partial charge in [-0.15, -0.1) is 11.3 Å². The Hall–Kier alpha value is -1.19. The number of nitrogens with zero attached hydrogens (tertiary/aromatic N) is 1. The van der Waals surface area contributed by atoms with Gasteiger partial charge in [0.1, 0.15) is 0 Å². The van der Waals surface area contributed by atoms with Crippen LogP contribution in [-0.2, 0) is 12.0 Å². The Kier molecular flexibility index (Phi) is 4.61. The summed E-state index contributed by atoms with van der Waals surface area (Å²) >= 11 is 1.76. The molecule has 0 spiro atoms. The second-order valence-corrected chi connectivity index (χ2v) is 7.64. The fraction of sp³-hybridized carbons (Fsp3) is 0.471. The SMILES string of the molecule is Cc1ncc(CNC(C)c2ccc(C(C)(C)C)cc2)s1. The molecule has 1 unspecified atom stereocenters.